The fourth-order valence-corrected chi connectivity index (χ4v) is 2.01. The van der Waals surface area contributed by atoms with Gasteiger partial charge in [0.1, 0.15) is 0 Å². The maximum atomic E-state index is 11.7. The maximum Gasteiger partial charge on any atom is 0.223 e. The first-order chi connectivity index (χ1) is 7.25. The van der Waals surface area contributed by atoms with E-state index in [0.29, 0.717) is 19.0 Å². The van der Waals surface area contributed by atoms with Crippen LogP contribution in [0.5, 0.6) is 0 Å². The van der Waals surface area contributed by atoms with Gasteiger partial charge >= 0.3 is 0 Å². The third-order valence-electron chi connectivity index (χ3n) is 3.10. The molecule has 1 aliphatic carbocycles. The van der Waals surface area contributed by atoms with E-state index in [1.165, 1.54) is 12.8 Å². The highest BCUT2D eigenvalue weighted by Gasteiger charge is 2.23. The number of hydrogen-bond donors (Lipinski definition) is 2. The lowest BCUT2D eigenvalue weighted by atomic mass is 10.1. The number of carbonyl (C=O) groups is 1. The predicted molar refractivity (Wildman–Crippen MR) is 57.5 cm³/mol. The Balaban J connectivity index is 1.64. The largest absolute Gasteiger partial charge is 0.391 e. The lowest BCUT2D eigenvalue weighted by Crippen LogP contribution is -2.43. The van der Waals surface area contributed by atoms with Crippen molar-refractivity contribution < 1.29 is 9.90 Å². The molecule has 1 atom stereocenters. The molecule has 4 nitrogen and oxygen atoms in total. The van der Waals surface area contributed by atoms with Crippen molar-refractivity contribution in [3.05, 3.63) is 0 Å². The van der Waals surface area contributed by atoms with Crippen LogP contribution in [0.2, 0.25) is 0 Å². The van der Waals surface area contributed by atoms with Crippen molar-refractivity contribution in [2.75, 3.05) is 19.6 Å². The van der Waals surface area contributed by atoms with Gasteiger partial charge in [-0.05, 0) is 25.7 Å². The highest BCUT2D eigenvalue weighted by atomic mass is 16.3. The van der Waals surface area contributed by atoms with Crippen molar-refractivity contribution in [3.63, 3.8) is 0 Å². The molecule has 0 aromatic rings. The number of carbonyl (C=O) groups excluding carboxylic acids is 1. The number of β-amino-alcohol motifs (C(OH)–C–C–N with tert-alkyl or cyclic N) is 1. The molecule has 0 radical (unpaired) electrons. The topological polar surface area (TPSA) is 52.6 Å². The van der Waals surface area contributed by atoms with Gasteiger partial charge in [0.25, 0.3) is 0 Å². The van der Waals surface area contributed by atoms with Crippen LogP contribution in [0.3, 0.4) is 0 Å². The Morgan fingerprint density at radius 2 is 2.20 bits per heavy atom. The molecule has 0 spiro atoms. The van der Waals surface area contributed by atoms with Crippen molar-refractivity contribution >= 4 is 5.91 Å². The first kappa shape index (κ1) is 10.9. The van der Waals surface area contributed by atoms with Gasteiger partial charge in [0.2, 0.25) is 5.91 Å². The smallest absolute Gasteiger partial charge is 0.223 e. The molecule has 1 unspecified atom stereocenters. The summed E-state index contributed by atoms with van der Waals surface area (Å²) in [6, 6.07) is 0.671. The maximum absolute atomic E-state index is 11.7. The fourth-order valence-electron chi connectivity index (χ4n) is 2.01. The molecule has 1 aliphatic heterocycles. The van der Waals surface area contributed by atoms with E-state index in [2.05, 4.69) is 5.32 Å². The van der Waals surface area contributed by atoms with Crippen LogP contribution in [-0.2, 0) is 4.79 Å². The predicted octanol–water partition coefficient (Wildman–Crippen LogP) is 0.112. The van der Waals surface area contributed by atoms with Gasteiger partial charge in [-0.3, -0.25) is 4.79 Å². The second kappa shape index (κ2) is 4.94. The summed E-state index contributed by atoms with van der Waals surface area (Å²) in [5, 5.41) is 12.8. The normalized spacial score (nSPS) is 26.7. The summed E-state index contributed by atoms with van der Waals surface area (Å²) in [5.41, 5.74) is 0. The van der Waals surface area contributed by atoms with Crippen molar-refractivity contribution in [1.82, 2.24) is 10.2 Å². The van der Waals surface area contributed by atoms with Gasteiger partial charge in [0.15, 0.2) is 0 Å². The molecular formula is C11H20N2O2. The third kappa shape index (κ3) is 3.47. The monoisotopic (exact) mass is 212 g/mol. The standard InChI is InChI=1S/C11H20N2O2/c14-10-2-1-7-13(8-10)11(15)5-6-12-9-3-4-9/h9-10,12,14H,1-8H2. The van der Waals surface area contributed by atoms with Gasteiger partial charge in [-0.2, -0.15) is 0 Å². The molecule has 2 N–H and O–H groups in total. The van der Waals surface area contributed by atoms with Crippen molar-refractivity contribution in [3.8, 4) is 0 Å². The summed E-state index contributed by atoms with van der Waals surface area (Å²) >= 11 is 0. The molecule has 4 heteroatoms. The Labute approximate surface area is 90.6 Å². The number of nitrogens with one attached hydrogen (secondary N) is 1. The van der Waals surface area contributed by atoms with E-state index in [1.54, 1.807) is 4.90 Å². The number of likely N-dealkylation sites (tertiary alicyclic amines) is 1. The number of amides is 1. The Morgan fingerprint density at radius 3 is 2.87 bits per heavy atom. The zero-order valence-electron chi connectivity index (χ0n) is 9.11. The molecule has 0 aromatic carbocycles. The number of nitrogens with zero attached hydrogens (tertiary/aromatic N) is 1. The van der Waals surface area contributed by atoms with E-state index in [4.69, 9.17) is 0 Å². The van der Waals surface area contributed by atoms with E-state index < -0.39 is 0 Å². The third-order valence-corrected chi connectivity index (χ3v) is 3.10. The summed E-state index contributed by atoms with van der Waals surface area (Å²) < 4.78 is 0. The first-order valence-electron chi connectivity index (χ1n) is 5.95. The zero-order valence-corrected chi connectivity index (χ0v) is 9.11. The molecule has 0 aromatic heterocycles. The van der Waals surface area contributed by atoms with Crippen LogP contribution >= 0.6 is 0 Å². The van der Waals surface area contributed by atoms with E-state index >= 15 is 0 Å². The highest BCUT2D eigenvalue weighted by molar-refractivity contribution is 5.76. The number of aliphatic hydroxyl groups is 1. The van der Waals surface area contributed by atoms with Crippen LogP contribution in [0.1, 0.15) is 32.1 Å². The van der Waals surface area contributed by atoms with Gasteiger partial charge in [-0.25, -0.2) is 0 Å². The van der Waals surface area contributed by atoms with Gasteiger partial charge in [0.05, 0.1) is 6.10 Å². The Kier molecular flexibility index (Phi) is 3.59. The number of piperidine rings is 1. The molecule has 15 heavy (non-hydrogen) atoms. The Bertz CT molecular complexity index is 229. The minimum absolute atomic E-state index is 0.182. The van der Waals surface area contributed by atoms with Gasteiger partial charge in [-0.15, -0.1) is 0 Å². The van der Waals surface area contributed by atoms with Crippen LogP contribution < -0.4 is 5.32 Å². The van der Waals surface area contributed by atoms with Crippen LogP contribution in [0.15, 0.2) is 0 Å². The minimum atomic E-state index is -0.306. The van der Waals surface area contributed by atoms with Gasteiger partial charge < -0.3 is 15.3 Å². The van der Waals surface area contributed by atoms with Crippen LogP contribution in [0, 0.1) is 0 Å². The number of hydrogen-bond acceptors (Lipinski definition) is 3. The lowest BCUT2D eigenvalue weighted by Gasteiger charge is -2.30. The minimum Gasteiger partial charge on any atom is -0.391 e. The van der Waals surface area contributed by atoms with Crippen LogP contribution in [0.4, 0.5) is 0 Å². The zero-order chi connectivity index (χ0) is 10.7. The van der Waals surface area contributed by atoms with Crippen molar-refractivity contribution in [2.45, 2.75) is 44.2 Å². The molecule has 1 saturated carbocycles. The van der Waals surface area contributed by atoms with E-state index in [9.17, 15) is 9.90 Å². The summed E-state index contributed by atoms with van der Waals surface area (Å²) in [4.78, 5) is 13.5. The molecule has 0 bridgehead atoms. The van der Waals surface area contributed by atoms with Crippen molar-refractivity contribution in [2.24, 2.45) is 0 Å². The molecule has 2 aliphatic rings. The average molecular weight is 212 g/mol. The Hall–Kier alpha value is -0.610. The second-order valence-electron chi connectivity index (χ2n) is 4.61. The van der Waals surface area contributed by atoms with Gasteiger partial charge in [-0.1, -0.05) is 0 Å². The average Bonchev–Trinajstić information content (AvgIpc) is 3.01. The van der Waals surface area contributed by atoms with Crippen LogP contribution in [0.25, 0.3) is 0 Å². The number of aliphatic hydroxyl groups excluding tert-OH is 1. The molecule has 86 valence electrons. The number of rotatable bonds is 4. The lowest BCUT2D eigenvalue weighted by molar-refractivity contribution is -0.134. The summed E-state index contributed by atoms with van der Waals surface area (Å²) in [7, 11) is 0. The van der Waals surface area contributed by atoms with E-state index in [1.807, 2.05) is 0 Å². The fraction of sp³-hybridized carbons (Fsp3) is 0.909. The van der Waals surface area contributed by atoms with E-state index in [0.717, 1.165) is 25.9 Å². The summed E-state index contributed by atoms with van der Waals surface area (Å²) in [6.45, 7) is 2.14. The highest BCUT2D eigenvalue weighted by Crippen LogP contribution is 2.18. The molecule has 1 saturated heterocycles. The molecule has 1 heterocycles. The molecule has 2 fully saturated rings. The molecule has 1 amide bonds. The van der Waals surface area contributed by atoms with E-state index in [-0.39, 0.29) is 12.0 Å². The molecular weight excluding hydrogens is 192 g/mol. The Morgan fingerprint density at radius 1 is 1.40 bits per heavy atom. The quantitative estimate of drug-likeness (QED) is 0.695. The van der Waals surface area contributed by atoms with Crippen LogP contribution in [-0.4, -0.2) is 47.7 Å². The van der Waals surface area contributed by atoms with Crippen molar-refractivity contribution in [1.29, 1.82) is 0 Å². The summed E-state index contributed by atoms with van der Waals surface area (Å²) in [5.74, 6) is 0.182. The first-order valence-corrected chi connectivity index (χ1v) is 5.95. The molecule has 2 rings (SSSR count). The van der Waals surface area contributed by atoms with Gasteiger partial charge in [0, 0.05) is 32.1 Å². The SMILES string of the molecule is O=C(CCNC1CC1)N1CCCC(O)C1. The summed E-state index contributed by atoms with van der Waals surface area (Å²) in [6.07, 6.45) is 4.56. The second-order valence-corrected chi connectivity index (χ2v) is 4.61.